The number of rotatable bonds is 10. The molecule has 0 atom stereocenters. The monoisotopic (exact) mass is 355 g/mol. The number of esters is 1. The number of hydrogen-bond acceptors (Lipinski definition) is 4. The van der Waals surface area contributed by atoms with Crippen LogP contribution in [-0.4, -0.2) is 31.6 Å². The molecule has 0 saturated heterocycles. The van der Waals surface area contributed by atoms with E-state index >= 15 is 0 Å². The molecule has 0 unspecified atom stereocenters. The fourth-order valence-electron chi connectivity index (χ4n) is 2.37. The first kappa shape index (κ1) is 19.5. The van der Waals surface area contributed by atoms with Crippen LogP contribution in [0, 0.1) is 6.92 Å². The Morgan fingerprint density at radius 1 is 1.04 bits per heavy atom. The van der Waals surface area contributed by atoms with Gasteiger partial charge in [0.2, 0.25) is 0 Å². The van der Waals surface area contributed by atoms with Crippen molar-refractivity contribution in [2.75, 3.05) is 19.8 Å². The summed E-state index contributed by atoms with van der Waals surface area (Å²) in [6.45, 7) is 2.70. The summed E-state index contributed by atoms with van der Waals surface area (Å²) in [4.78, 5) is 23.3. The molecule has 2 rings (SSSR count). The van der Waals surface area contributed by atoms with Crippen LogP contribution < -0.4 is 10.1 Å². The normalized spacial score (nSPS) is 10.2. The van der Waals surface area contributed by atoms with Crippen LogP contribution >= 0.6 is 0 Å². The van der Waals surface area contributed by atoms with Crippen molar-refractivity contribution in [3.63, 3.8) is 0 Å². The molecule has 0 aromatic heterocycles. The SMILES string of the molecule is Cc1cccc(OCCCC(=O)OCC(=O)NCCc2ccccc2)c1. The molecule has 2 aromatic carbocycles. The fraction of sp³-hybridized carbons (Fsp3) is 0.333. The Balaban J connectivity index is 1.51. The van der Waals surface area contributed by atoms with Gasteiger partial charge in [-0.15, -0.1) is 0 Å². The molecule has 2 aromatic rings. The largest absolute Gasteiger partial charge is 0.494 e. The van der Waals surface area contributed by atoms with Gasteiger partial charge < -0.3 is 14.8 Å². The summed E-state index contributed by atoms with van der Waals surface area (Å²) in [6, 6.07) is 17.6. The highest BCUT2D eigenvalue weighted by molar-refractivity contribution is 5.80. The summed E-state index contributed by atoms with van der Waals surface area (Å²) in [6.07, 6.45) is 1.52. The van der Waals surface area contributed by atoms with Crippen LogP contribution in [0.5, 0.6) is 5.75 Å². The predicted octanol–water partition coefficient (Wildman–Crippen LogP) is 3.06. The Hall–Kier alpha value is -2.82. The lowest BCUT2D eigenvalue weighted by Crippen LogP contribution is -2.30. The molecule has 0 aliphatic heterocycles. The number of aryl methyl sites for hydroxylation is 1. The van der Waals surface area contributed by atoms with E-state index in [0.29, 0.717) is 19.6 Å². The molecule has 0 fully saturated rings. The van der Waals surface area contributed by atoms with Crippen LogP contribution in [0.2, 0.25) is 0 Å². The van der Waals surface area contributed by atoms with Crippen molar-refractivity contribution in [2.45, 2.75) is 26.2 Å². The van der Waals surface area contributed by atoms with Gasteiger partial charge in [-0.05, 0) is 43.0 Å². The van der Waals surface area contributed by atoms with Crippen LogP contribution in [0.1, 0.15) is 24.0 Å². The minimum atomic E-state index is -0.393. The van der Waals surface area contributed by atoms with Crippen LogP contribution in [0.15, 0.2) is 54.6 Å². The Bertz CT molecular complexity index is 700. The third-order valence-corrected chi connectivity index (χ3v) is 3.73. The summed E-state index contributed by atoms with van der Waals surface area (Å²) >= 11 is 0. The van der Waals surface area contributed by atoms with Crippen LogP contribution in [0.25, 0.3) is 0 Å². The number of carbonyl (C=O) groups is 2. The van der Waals surface area contributed by atoms with Gasteiger partial charge in [0.1, 0.15) is 5.75 Å². The second-order valence-corrected chi connectivity index (χ2v) is 6.01. The Morgan fingerprint density at radius 3 is 2.62 bits per heavy atom. The molecule has 1 amide bonds. The Morgan fingerprint density at radius 2 is 1.85 bits per heavy atom. The van der Waals surface area contributed by atoms with Crippen molar-refractivity contribution < 1.29 is 19.1 Å². The average molecular weight is 355 g/mol. The summed E-state index contributed by atoms with van der Waals surface area (Å²) in [7, 11) is 0. The highest BCUT2D eigenvalue weighted by atomic mass is 16.5. The first-order chi connectivity index (χ1) is 12.6. The van der Waals surface area contributed by atoms with Crippen molar-refractivity contribution in [1.29, 1.82) is 0 Å². The molecule has 0 radical (unpaired) electrons. The van der Waals surface area contributed by atoms with E-state index in [1.165, 1.54) is 0 Å². The highest BCUT2D eigenvalue weighted by Crippen LogP contribution is 2.12. The molecule has 0 spiro atoms. The smallest absolute Gasteiger partial charge is 0.306 e. The average Bonchev–Trinajstić information content (AvgIpc) is 2.64. The number of carbonyl (C=O) groups excluding carboxylic acids is 2. The van der Waals surface area contributed by atoms with Crippen molar-refractivity contribution >= 4 is 11.9 Å². The zero-order valence-electron chi connectivity index (χ0n) is 15.1. The van der Waals surface area contributed by atoms with Gasteiger partial charge in [0.05, 0.1) is 6.61 Å². The molecular formula is C21H25NO4. The van der Waals surface area contributed by atoms with Crippen LogP contribution in [0.4, 0.5) is 0 Å². The van der Waals surface area contributed by atoms with E-state index in [9.17, 15) is 9.59 Å². The van der Waals surface area contributed by atoms with E-state index in [1.54, 1.807) is 0 Å². The molecule has 0 heterocycles. The molecular weight excluding hydrogens is 330 g/mol. The first-order valence-corrected chi connectivity index (χ1v) is 8.79. The van der Waals surface area contributed by atoms with Gasteiger partial charge in [0.25, 0.3) is 5.91 Å². The van der Waals surface area contributed by atoms with Gasteiger partial charge in [0.15, 0.2) is 6.61 Å². The number of amides is 1. The molecule has 5 heteroatoms. The highest BCUT2D eigenvalue weighted by Gasteiger charge is 2.07. The van der Waals surface area contributed by atoms with E-state index in [1.807, 2.05) is 61.5 Å². The first-order valence-electron chi connectivity index (χ1n) is 8.79. The zero-order chi connectivity index (χ0) is 18.6. The van der Waals surface area contributed by atoms with E-state index in [4.69, 9.17) is 9.47 Å². The standard InChI is InChI=1S/C21H25NO4/c1-17-7-5-10-19(15-17)25-14-6-11-21(24)26-16-20(23)22-13-12-18-8-3-2-4-9-18/h2-5,7-10,15H,6,11-14,16H2,1H3,(H,22,23). The van der Waals surface area contributed by atoms with Crippen molar-refractivity contribution in [2.24, 2.45) is 0 Å². The lowest BCUT2D eigenvalue weighted by Gasteiger charge is -2.08. The van der Waals surface area contributed by atoms with Crippen molar-refractivity contribution in [3.05, 3.63) is 65.7 Å². The second kappa shape index (κ2) is 10.9. The molecule has 5 nitrogen and oxygen atoms in total. The van der Waals surface area contributed by atoms with Gasteiger partial charge in [-0.3, -0.25) is 9.59 Å². The van der Waals surface area contributed by atoms with Crippen LogP contribution in [0.3, 0.4) is 0 Å². The summed E-state index contributed by atoms with van der Waals surface area (Å²) in [5, 5.41) is 2.74. The third kappa shape index (κ3) is 7.83. The maximum Gasteiger partial charge on any atom is 0.306 e. The Labute approximate surface area is 154 Å². The topological polar surface area (TPSA) is 64.6 Å². The molecule has 0 aliphatic carbocycles. The van der Waals surface area contributed by atoms with Gasteiger partial charge in [-0.25, -0.2) is 0 Å². The molecule has 138 valence electrons. The Kier molecular flexibility index (Phi) is 8.19. The van der Waals surface area contributed by atoms with Gasteiger partial charge >= 0.3 is 5.97 Å². The second-order valence-electron chi connectivity index (χ2n) is 6.01. The van der Waals surface area contributed by atoms with Gasteiger partial charge in [-0.2, -0.15) is 0 Å². The molecule has 1 N–H and O–H groups in total. The predicted molar refractivity (Wildman–Crippen MR) is 100 cm³/mol. The molecule has 26 heavy (non-hydrogen) atoms. The summed E-state index contributed by atoms with van der Waals surface area (Å²) in [5.74, 6) is 0.109. The summed E-state index contributed by atoms with van der Waals surface area (Å²) < 4.78 is 10.5. The van der Waals surface area contributed by atoms with Crippen molar-refractivity contribution in [3.8, 4) is 5.75 Å². The van der Waals surface area contributed by atoms with E-state index < -0.39 is 5.97 Å². The number of hydrogen-bond donors (Lipinski definition) is 1. The van der Waals surface area contributed by atoms with Crippen molar-refractivity contribution in [1.82, 2.24) is 5.32 Å². The van der Waals surface area contributed by atoms with E-state index in [0.717, 1.165) is 23.3 Å². The van der Waals surface area contributed by atoms with E-state index in [2.05, 4.69) is 5.32 Å². The quantitative estimate of drug-likeness (QED) is 0.525. The van der Waals surface area contributed by atoms with Gasteiger partial charge in [0, 0.05) is 13.0 Å². The minimum Gasteiger partial charge on any atom is -0.494 e. The minimum absolute atomic E-state index is 0.225. The third-order valence-electron chi connectivity index (χ3n) is 3.73. The van der Waals surface area contributed by atoms with Crippen LogP contribution in [-0.2, 0) is 20.7 Å². The number of ether oxygens (including phenoxy) is 2. The van der Waals surface area contributed by atoms with E-state index in [-0.39, 0.29) is 18.9 Å². The molecule has 0 saturated carbocycles. The lowest BCUT2D eigenvalue weighted by atomic mass is 10.1. The molecule has 0 bridgehead atoms. The molecule has 0 aliphatic rings. The fourth-order valence-corrected chi connectivity index (χ4v) is 2.37. The maximum atomic E-state index is 11.7. The lowest BCUT2D eigenvalue weighted by molar-refractivity contribution is -0.148. The number of benzene rings is 2. The maximum absolute atomic E-state index is 11.7. The summed E-state index contributed by atoms with van der Waals surface area (Å²) in [5.41, 5.74) is 2.28. The number of nitrogens with one attached hydrogen (secondary N) is 1. The zero-order valence-corrected chi connectivity index (χ0v) is 15.1. The van der Waals surface area contributed by atoms with Gasteiger partial charge in [-0.1, -0.05) is 42.5 Å².